The Hall–Kier alpha value is -2.14. The first-order valence-electron chi connectivity index (χ1n) is 7.66. The number of ether oxygens (including phenoxy) is 1. The molecule has 4 rings (SSSR count). The molecule has 3 aliphatic rings. The highest BCUT2D eigenvalue weighted by Gasteiger charge is 2.64. The second-order valence-corrected chi connectivity index (χ2v) is 6.14. The van der Waals surface area contributed by atoms with Crippen molar-refractivity contribution in [1.82, 2.24) is 10.6 Å². The van der Waals surface area contributed by atoms with Crippen LogP contribution in [0.15, 0.2) is 42.5 Å². The van der Waals surface area contributed by atoms with Crippen LogP contribution in [0, 0.1) is 11.8 Å². The lowest BCUT2D eigenvalue weighted by molar-refractivity contribution is -0.132. The van der Waals surface area contributed by atoms with E-state index in [-0.39, 0.29) is 23.8 Å². The summed E-state index contributed by atoms with van der Waals surface area (Å²) in [5.41, 5.74) is 0.588. The lowest BCUT2D eigenvalue weighted by Crippen LogP contribution is -2.44. The summed E-state index contributed by atoms with van der Waals surface area (Å²) in [5, 5.41) is 5.77. The second kappa shape index (κ2) is 4.95. The second-order valence-electron chi connectivity index (χ2n) is 6.14. The number of fused-ring (bicyclic) bond motifs is 1. The van der Waals surface area contributed by atoms with Crippen LogP contribution in [0.3, 0.4) is 0 Å². The van der Waals surface area contributed by atoms with E-state index in [1.807, 2.05) is 42.5 Å². The average Bonchev–Trinajstić information content (AvgIpc) is 3.19. The number of carbonyl (C=O) groups excluding carboxylic acids is 2. The Kier molecular flexibility index (Phi) is 3.04. The molecule has 0 aromatic heterocycles. The molecule has 5 heteroatoms. The van der Waals surface area contributed by atoms with E-state index in [1.54, 1.807) is 0 Å². The molecule has 0 saturated carbocycles. The zero-order valence-corrected chi connectivity index (χ0v) is 12.1. The van der Waals surface area contributed by atoms with Crippen molar-refractivity contribution in [1.29, 1.82) is 0 Å². The molecule has 114 valence electrons. The minimum Gasteiger partial charge on any atom is -0.360 e. The summed E-state index contributed by atoms with van der Waals surface area (Å²) in [6, 6.07) is 10.0. The first-order chi connectivity index (χ1) is 10.7. The van der Waals surface area contributed by atoms with Gasteiger partial charge in [0, 0.05) is 6.54 Å². The number of amides is 2. The summed E-state index contributed by atoms with van der Waals surface area (Å²) < 4.78 is 5.90. The molecule has 22 heavy (non-hydrogen) atoms. The number of carbonyl (C=O) groups is 2. The fourth-order valence-electron chi connectivity index (χ4n) is 3.78. The summed E-state index contributed by atoms with van der Waals surface area (Å²) in [5.74, 6) is -0.966. The number of hydrogen-bond donors (Lipinski definition) is 2. The predicted molar refractivity (Wildman–Crippen MR) is 79.9 cm³/mol. The van der Waals surface area contributed by atoms with Gasteiger partial charge in [-0.3, -0.25) is 9.59 Å². The molecule has 2 amide bonds. The van der Waals surface area contributed by atoms with Gasteiger partial charge >= 0.3 is 0 Å². The van der Waals surface area contributed by atoms with Crippen LogP contribution in [0.4, 0.5) is 0 Å². The summed E-state index contributed by atoms with van der Waals surface area (Å²) in [6.07, 6.45) is 4.36. The average molecular weight is 298 g/mol. The fraction of sp³-hybridized carbons (Fsp3) is 0.412. The van der Waals surface area contributed by atoms with Gasteiger partial charge in [-0.25, -0.2) is 0 Å². The van der Waals surface area contributed by atoms with Crippen LogP contribution < -0.4 is 10.6 Å². The van der Waals surface area contributed by atoms with Crippen molar-refractivity contribution < 1.29 is 14.3 Å². The Bertz CT molecular complexity index is 643. The molecular formula is C17H18N2O3. The van der Waals surface area contributed by atoms with Crippen LogP contribution in [0.1, 0.15) is 5.56 Å². The summed E-state index contributed by atoms with van der Waals surface area (Å²) in [4.78, 5) is 24.6. The van der Waals surface area contributed by atoms with Crippen molar-refractivity contribution in [2.45, 2.75) is 18.1 Å². The van der Waals surface area contributed by atoms with Crippen LogP contribution in [-0.2, 0) is 20.7 Å². The molecule has 2 bridgehead atoms. The monoisotopic (exact) mass is 298 g/mol. The molecule has 2 fully saturated rings. The van der Waals surface area contributed by atoms with E-state index in [0.29, 0.717) is 13.1 Å². The Morgan fingerprint density at radius 2 is 2.18 bits per heavy atom. The van der Waals surface area contributed by atoms with E-state index >= 15 is 0 Å². The van der Waals surface area contributed by atoms with Crippen molar-refractivity contribution in [2.75, 3.05) is 13.1 Å². The van der Waals surface area contributed by atoms with Gasteiger partial charge in [-0.15, -0.1) is 0 Å². The van der Waals surface area contributed by atoms with Crippen molar-refractivity contribution in [3.8, 4) is 0 Å². The maximum Gasteiger partial charge on any atom is 0.227 e. The first-order valence-corrected chi connectivity index (χ1v) is 7.66. The predicted octanol–water partition coefficient (Wildman–Crippen LogP) is 0.415. The number of nitrogens with one attached hydrogen (secondary N) is 2. The molecule has 2 N–H and O–H groups in total. The van der Waals surface area contributed by atoms with Gasteiger partial charge in [-0.1, -0.05) is 42.5 Å². The van der Waals surface area contributed by atoms with Crippen molar-refractivity contribution in [3.05, 3.63) is 48.0 Å². The van der Waals surface area contributed by atoms with Crippen LogP contribution in [-0.4, -0.2) is 36.6 Å². The molecular weight excluding hydrogens is 280 g/mol. The van der Waals surface area contributed by atoms with Crippen molar-refractivity contribution in [2.24, 2.45) is 11.8 Å². The zero-order chi connectivity index (χ0) is 15.2. The van der Waals surface area contributed by atoms with Crippen molar-refractivity contribution in [3.63, 3.8) is 0 Å². The molecule has 2 saturated heterocycles. The topological polar surface area (TPSA) is 67.4 Å². The third-order valence-electron chi connectivity index (χ3n) is 4.84. The van der Waals surface area contributed by atoms with E-state index in [1.165, 1.54) is 5.56 Å². The number of hydrogen-bond acceptors (Lipinski definition) is 3. The molecule has 3 heterocycles. The molecule has 1 spiro atoms. The third-order valence-corrected chi connectivity index (χ3v) is 4.84. The highest BCUT2D eigenvalue weighted by Crippen LogP contribution is 2.49. The normalized spacial score (nSPS) is 34.5. The van der Waals surface area contributed by atoms with Gasteiger partial charge in [-0.2, -0.15) is 0 Å². The minimum atomic E-state index is -0.594. The maximum atomic E-state index is 12.5. The summed E-state index contributed by atoms with van der Waals surface area (Å²) >= 11 is 0. The summed E-state index contributed by atoms with van der Waals surface area (Å²) in [7, 11) is 0. The van der Waals surface area contributed by atoms with E-state index < -0.39 is 11.5 Å². The number of benzene rings is 1. The van der Waals surface area contributed by atoms with E-state index in [4.69, 9.17) is 4.74 Å². The van der Waals surface area contributed by atoms with Gasteiger partial charge in [0.25, 0.3) is 0 Å². The molecule has 4 atom stereocenters. The Morgan fingerprint density at radius 3 is 3.00 bits per heavy atom. The van der Waals surface area contributed by atoms with Crippen LogP contribution >= 0.6 is 0 Å². The van der Waals surface area contributed by atoms with Gasteiger partial charge in [0.2, 0.25) is 11.8 Å². The minimum absolute atomic E-state index is 0.0740. The van der Waals surface area contributed by atoms with Gasteiger partial charge in [0.15, 0.2) is 0 Å². The lowest BCUT2D eigenvalue weighted by atomic mass is 9.77. The van der Waals surface area contributed by atoms with Crippen LogP contribution in [0.5, 0.6) is 0 Å². The molecule has 0 unspecified atom stereocenters. The van der Waals surface area contributed by atoms with Crippen LogP contribution in [0.25, 0.3) is 0 Å². The molecule has 1 aromatic carbocycles. The molecule has 0 aliphatic carbocycles. The molecule has 1 aromatic rings. The van der Waals surface area contributed by atoms with Gasteiger partial charge in [-0.05, 0) is 12.0 Å². The highest BCUT2D eigenvalue weighted by molar-refractivity contribution is 5.92. The van der Waals surface area contributed by atoms with Crippen molar-refractivity contribution >= 4 is 11.8 Å². The van der Waals surface area contributed by atoms with Crippen LogP contribution in [0.2, 0.25) is 0 Å². The standard InChI is InChI=1S/C17H18N2O3/c20-15(18-9-7-11-4-2-1-3-5-11)13-12-6-8-17(22-12)10-19-16(21)14(13)17/h1-6,8,12-14H,7,9-10H2,(H,18,20)(H,19,21)/t12-,13-,14+,17-/m0/s1. The lowest BCUT2D eigenvalue weighted by Gasteiger charge is -2.23. The smallest absolute Gasteiger partial charge is 0.227 e. The molecule has 3 aliphatic heterocycles. The Morgan fingerprint density at radius 1 is 1.36 bits per heavy atom. The first kappa shape index (κ1) is 13.5. The Balaban J connectivity index is 1.41. The Labute approximate surface area is 128 Å². The van der Waals surface area contributed by atoms with Gasteiger partial charge < -0.3 is 15.4 Å². The van der Waals surface area contributed by atoms with E-state index in [2.05, 4.69) is 10.6 Å². The molecule has 0 radical (unpaired) electrons. The van der Waals surface area contributed by atoms with E-state index in [9.17, 15) is 9.59 Å². The summed E-state index contributed by atoms with van der Waals surface area (Å²) in [6.45, 7) is 1.04. The number of rotatable bonds is 4. The quantitative estimate of drug-likeness (QED) is 0.792. The largest absolute Gasteiger partial charge is 0.360 e. The van der Waals surface area contributed by atoms with Gasteiger partial charge in [0.05, 0.1) is 24.5 Å². The molecule has 5 nitrogen and oxygen atoms in total. The fourth-order valence-corrected chi connectivity index (χ4v) is 3.78. The van der Waals surface area contributed by atoms with Gasteiger partial charge in [0.1, 0.15) is 5.60 Å². The zero-order valence-electron chi connectivity index (χ0n) is 12.1. The third kappa shape index (κ3) is 1.96. The highest BCUT2D eigenvalue weighted by atomic mass is 16.5. The van der Waals surface area contributed by atoms with E-state index in [0.717, 1.165) is 6.42 Å². The SMILES string of the molecule is O=C(NCCc1ccccc1)[C@H]1[C@@H]2C=C[C@@]3(CNC(=O)[C@@H]13)O2. The maximum absolute atomic E-state index is 12.5.